The third-order valence-electron chi connectivity index (χ3n) is 5.45. The first-order valence-electron chi connectivity index (χ1n) is 9.83. The summed E-state index contributed by atoms with van der Waals surface area (Å²) in [7, 11) is 0. The molecule has 2 aromatic carbocycles. The molecule has 1 aliphatic carbocycles. The van der Waals surface area contributed by atoms with Crippen LogP contribution in [0.1, 0.15) is 40.2 Å². The van der Waals surface area contributed by atoms with E-state index in [2.05, 4.69) is 15.3 Å². The molecular formula is C23H15ClF3N3O2. The van der Waals surface area contributed by atoms with Crippen LogP contribution < -0.4 is 5.32 Å². The fourth-order valence-electron chi connectivity index (χ4n) is 3.51. The van der Waals surface area contributed by atoms with E-state index in [9.17, 15) is 18.0 Å². The number of fused-ring (bicyclic) bond motifs is 1. The van der Waals surface area contributed by atoms with Gasteiger partial charge in [-0.15, -0.1) is 0 Å². The van der Waals surface area contributed by atoms with E-state index in [1.807, 2.05) is 6.07 Å². The van der Waals surface area contributed by atoms with Crippen LogP contribution in [0.2, 0.25) is 5.02 Å². The topological polar surface area (TPSA) is 68.0 Å². The van der Waals surface area contributed by atoms with E-state index in [0.717, 1.165) is 36.6 Å². The highest BCUT2D eigenvalue weighted by molar-refractivity contribution is 6.34. The van der Waals surface area contributed by atoms with Crippen LogP contribution in [-0.4, -0.2) is 15.9 Å². The maximum absolute atomic E-state index is 14.4. The van der Waals surface area contributed by atoms with Gasteiger partial charge in [0.25, 0.3) is 5.91 Å². The molecule has 32 heavy (non-hydrogen) atoms. The lowest BCUT2D eigenvalue weighted by Crippen LogP contribution is -2.14. The number of hydrogen-bond donors (Lipinski definition) is 1. The maximum Gasteiger partial charge on any atom is 0.257 e. The molecule has 1 saturated carbocycles. The molecule has 1 aliphatic rings. The summed E-state index contributed by atoms with van der Waals surface area (Å²) >= 11 is 5.76. The number of nitrogens with zero attached hydrogens (tertiary/aromatic N) is 2. The molecule has 5 nitrogen and oxygen atoms in total. The summed E-state index contributed by atoms with van der Waals surface area (Å²) < 4.78 is 47.3. The number of amides is 1. The van der Waals surface area contributed by atoms with Crippen molar-refractivity contribution in [1.29, 1.82) is 0 Å². The second-order valence-electron chi connectivity index (χ2n) is 7.69. The highest BCUT2D eigenvalue weighted by Gasteiger charge is 2.25. The number of pyridine rings is 1. The second-order valence-corrected chi connectivity index (χ2v) is 8.06. The number of rotatable bonds is 4. The van der Waals surface area contributed by atoms with E-state index in [1.54, 1.807) is 13.1 Å². The lowest BCUT2D eigenvalue weighted by atomic mass is 10.1. The van der Waals surface area contributed by atoms with Gasteiger partial charge in [-0.2, -0.15) is 4.98 Å². The Morgan fingerprint density at radius 1 is 1.19 bits per heavy atom. The Bertz CT molecular complexity index is 1400. The zero-order valence-corrected chi connectivity index (χ0v) is 17.4. The third kappa shape index (κ3) is 3.60. The minimum Gasteiger partial charge on any atom is -0.434 e. The van der Waals surface area contributed by atoms with E-state index in [1.165, 1.54) is 6.07 Å². The van der Waals surface area contributed by atoms with Crippen molar-refractivity contribution in [1.82, 2.24) is 9.97 Å². The minimum absolute atomic E-state index is 0.111. The Morgan fingerprint density at radius 3 is 2.72 bits per heavy atom. The predicted octanol–water partition coefficient (Wildman–Crippen LogP) is 6.40. The number of carbonyl (C=O) groups is 1. The number of aromatic nitrogens is 2. The van der Waals surface area contributed by atoms with Crippen molar-refractivity contribution in [3.8, 4) is 11.5 Å². The van der Waals surface area contributed by atoms with Gasteiger partial charge in [-0.1, -0.05) is 11.6 Å². The number of nitrogens with one attached hydrogen (secondary N) is 1. The molecule has 2 aromatic heterocycles. The molecule has 9 heteroatoms. The SMILES string of the molecule is Cc1c(NC(=O)c2ccc(F)c(F)c2Cl)cc(F)cc1-c1nc2ncc(C3CC3)cc2o1. The van der Waals surface area contributed by atoms with Gasteiger partial charge in [0.15, 0.2) is 22.9 Å². The summed E-state index contributed by atoms with van der Waals surface area (Å²) in [5.74, 6) is -3.33. The van der Waals surface area contributed by atoms with Gasteiger partial charge >= 0.3 is 0 Å². The van der Waals surface area contributed by atoms with Crippen LogP contribution in [-0.2, 0) is 0 Å². The first-order valence-corrected chi connectivity index (χ1v) is 10.2. The molecule has 0 atom stereocenters. The number of hydrogen-bond acceptors (Lipinski definition) is 4. The van der Waals surface area contributed by atoms with E-state index < -0.39 is 28.4 Å². The molecule has 0 saturated heterocycles. The van der Waals surface area contributed by atoms with Crippen molar-refractivity contribution in [2.45, 2.75) is 25.7 Å². The molecule has 2 heterocycles. The lowest BCUT2D eigenvalue weighted by Gasteiger charge is -2.12. The Kier molecular flexibility index (Phi) is 4.89. The average molecular weight is 458 g/mol. The van der Waals surface area contributed by atoms with Gasteiger partial charge in [0.2, 0.25) is 5.89 Å². The van der Waals surface area contributed by atoms with E-state index in [0.29, 0.717) is 28.3 Å². The summed E-state index contributed by atoms with van der Waals surface area (Å²) in [6.07, 6.45) is 3.99. The largest absolute Gasteiger partial charge is 0.434 e. The Hall–Kier alpha value is -3.39. The van der Waals surface area contributed by atoms with Crippen molar-refractivity contribution in [2.75, 3.05) is 5.32 Å². The molecule has 0 radical (unpaired) electrons. The van der Waals surface area contributed by atoms with Crippen LogP contribution in [0.25, 0.3) is 22.7 Å². The van der Waals surface area contributed by atoms with Crippen LogP contribution in [0.5, 0.6) is 0 Å². The summed E-state index contributed by atoms with van der Waals surface area (Å²) in [4.78, 5) is 21.3. The Morgan fingerprint density at radius 2 is 1.97 bits per heavy atom. The molecule has 1 N–H and O–H groups in total. The molecule has 0 unspecified atom stereocenters. The highest BCUT2D eigenvalue weighted by Crippen LogP contribution is 2.41. The van der Waals surface area contributed by atoms with E-state index in [-0.39, 0.29) is 17.1 Å². The molecule has 0 bridgehead atoms. The molecule has 0 spiro atoms. The van der Waals surface area contributed by atoms with Gasteiger partial charge in [0.1, 0.15) is 5.82 Å². The predicted molar refractivity (Wildman–Crippen MR) is 113 cm³/mol. The van der Waals surface area contributed by atoms with Crippen molar-refractivity contribution < 1.29 is 22.4 Å². The van der Waals surface area contributed by atoms with Gasteiger partial charge in [0.05, 0.1) is 10.6 Å². The molecule has 0 aliphatic heterocycles. The summed E-state index contributed by atoms with van der Waals surface area (Å²) in [6, 6.07) is 6.08. The number of anilines is 1. The van der Waals surface area contributed by atoms with Crippen molar-refractivity contribution in [2.24, 2.45) is 0 Å². The van der Waals surface area contributed by atoms with Crippen molar-refractivity contribution in [3.63, 3.8) is 0 Å². The summed E-state index contributed by atoms with van der Waals surface area (Å²) in [6.45, 7) is 1.65. The fourth-order valence-corrected chi connectivity index (χ4v) is 3.75. The van der Waals surface area contributed by atoms with E-state index >= 15 is 0 Å². The zero-order valence-electron chi connectivity index (χ0n) is 16.7. The van der Waals surface area contributed by atoms with Gasteiger partial charge in [-0.25, -0.2) is 18.2 Å². The van der Waals surface area contributed by atoms with Crippen LogP contribution in [0.4, 0.5) is 18.9 Å². The standard InChI is InChI=1S/C23H15ClF3N3O2/c1-10-15(23-30-21-18(32-23)6-12(9-28-21)11-2-3-11)7-13(25)8-17(10)29-22(31)14-4-5-16(26)20(27)19(14)24/h4-9,11H,2-3H2,1H3,(H,29,31). The van der Waals surface area contributed by atoms with Gasteiger partial charge in [-0.3, -0.25) is 4.79 Å². The van der Waals surface area contributed by atoms with Gasteiger partial charge in [0, 0.05) is 17.4 Å². The highest BCUT2D eigenvalue weighted by atomic mass is 35.5. The van der Waals surface area contributed by atoms with Crippen LogP contribution in [0.15, 0.2) is 40.9 Å². The monoisotopic (exact) mass is 457 g/mol. The summed E-state index contributed by atoms with van der Waals surface area (Å²) in [5.41, 5.74) is 2.58. The van der Waals surface area contributed by atoms with Gasteiger partial charge in [-0.05, 0) is 67.1 Å². The number of benzene rings is 2. The van der Waals surface area contributed by atoms with Crippen LogP contribution in [0, 0.1) is 24.4 Å². The molecule has 1 amide bonds. The zero-order chi connectivity index (χ0) is 22.6. The molecule has 1 fully saturated rings. The minimum atomic E-state index is -1.33. The molecular weight excluding hydrogens is 443 g/mol. The first kappa shape index (κ1) is 20.5. The summed E-state index contributed by atoms with van der Waals surface area (Å²) in [5, 5.41) is 1.83. The van der Waals surface area contributed by atoms with E-state index in [4.69, 9.17) is 16.0 Å². The van der Waals surface area contributed by atoms with Crippen LogP contribution in [0.3, 0.4) is 0 Å². The second kappa shape index (κ2) is 7.63. The molecule has 5 rings (SSSR count). The number of halogens is 4. The fraction of sp³-hybridized carbons (Fsp3) is 0.174. The normalized spacial score (nSPS) is 13.5. The molecule has 4 aromatic rings. The number of carbonyl (C=O) groups excluding carboxylic acids is 1. The average Bonchev–Trinajstić information content (AvgIpc) is 3.53. The molecule has 162 valence electrons. The lowest BCUT2D eigenvalue weighted by molar-refractivity contribution is 0.102. The smallest absolute Gasteiger partial charge is 0.257 e. The third-order valence-corrected chi connectivity index (χ3v) is 5.82. The van der Waals surface area contributed by atoms with Crippen molar-refractivity contribution in [3.05, 3.63) is 75.7 Å². The Labute approximate surface area is 185 Å². The van der Waals surface area contributed by atoms with Gasteiger partial charge < -0.3 is 9.73 Å². The number of oxazole rings is 1. The van der Waals surface area contributed by atoms with Crippen molar-refractivity contribution >= 4 is 34.4 Å². The quantitative estimate of drug-likeness (QED) is 0.360. The maximum atomic E-state index is 14.4. The Balaban J connectivity index is 1.51. The van der Waals surface area contributed by atoms with Crippen LogP contribution >= 0.6 is 11.6 Å². The first-order chi connectivity index (χ1) is 15.3.